The first-order chi connectivity index (χ1) is 15.0. The minimum Gasteiger partial charge on any atom is -0.227 e. The zero-order chi connectivity index (χ0) is 23.1. The lowest BCUT2D eigenvalue weighted by molar-refractivity contribution is -0.137. The molecule has 0 aliphatic carbocycles. The number of nitrogens with two attached hydrogens (primary N) is 1. The van der Waals surface area contributed by atoms with E-state index in [9.17, 15) is 21.6 Å². The topological polar surface area (TPSA) is 90.3 Å². The number of rotatable bonds is 2. The number of benzene rings is 2. The molecule has 0 atom stereocenters. The first-order valence-corrected chi connectivity index (χ1v) is 10.7. The van der Waals surface area contributed by atoms with Gasteiger partial charge >= 0.3 is 6.18 Å². The Hall–Kier alpha value is -3.68. The van der Waals surface area contributed by atoms with Crippen molar-refractivity contribution in [1.29, 1.82) is 0 Å². The molecule has 2 N–H and O–H groups in total. The maximum atomic E-state index is 12.8. The van der Waals surface area contributed by atoms with Crippen LogP contribution in [0, 0.1) is 18.8 Å². The summed E-state index contributed by atoms with van der Waals surface area (Å²) < 4.78 is 63.1. The lowest BCUT2D eigenvalue weighted by Crippen LogP contribution is -2.11. The van der Waals surface area contributed by atoms with Crippen LogP contribution >= 0.6 is 0 Å². The fourth-order valence-electron chi connectivity index (χ4n) is 3.07. The molecule has 0 amide bonds. The molecule has 4 rings (SSSR count). The van der Waals surface area contributed by atoms with E-state index in [-0.39, 0.29) is 4.90 Å². The smallest absolute Gasteiger partial charge is 0.227 e. The van der Waals surface area contributed by atoms with E-state index in [1.54, 1.807) is 23.6 Å². The van der Waals surface area contributed by atoms with Crippen molar-refractivity contribution in [3.63, 3.8) is 0 Å². The zero-order valence-electron chi connectivity index (χ0n) is 16.6. The molecule has 0 bridgehead atoms. The predicted molar refractivity (Wildman–Crippen MR) is 112 cm³/mol. The molecule has 0 radical (unpaired) electrons. The summed E-state index contributed by atoms with van der Waals surface area (Å²) in [6, 6.07) is 12.4. The van der Waals surface area contributed by atoms with E-state index in [4.69, 9.17) is 5.14 Å². The third-order valence-electron chi connectivity index (χ3n) is 4.66. The molecule has 6 nitrogen and oxygen atoms in total. The summed E-state index contributed by atoms with van der Waals surface area (Å²) in [5.41, 5.74) is 2.31. The monoisotopic (exact) mass is 456 g/mol. The highest BCUT2D eigenvalue weighted by molar-refractivity contribution is 7.89. The van der Waals surface area contributed by atoms with E-state index in [1.807, 2.05) is 0 Å². The van der Waals surface area contributed by atoms with Crippen molar-refractivity contribution in [1.82, 2.24) is 14.6 Å². The minimum absolute atomic E-state index is 0.0530. The Bertz CT molecular complexity index is 1500. The molecular formula is C22H15F3N4O2S. The largest absolute Gasteiger partial charge is 0.416 e. The average Bonchev–Trinajstić information content (AvgIpc) is 3.15. The summed E-state index contributed by atoms with van der Waals surface area (Å²) in [5, 5.41) is 9.41. The van der Waals surface area contributed by atoms with Crippen molar-refractivity contribution in [3.05, 3.63) is 83.2 Å². The lowest BCUT2D eigenvalue weighted by Gasteiger charge is -2.08. The Morgan fingerprint density at radius 1 is 1.03 bits per heavy atom. The summed E-state index contributed by atoms with van der Waals surface area (Å²) >= 11 is 0. The Balaban J connectivity index is 1.75. The molecule has 10 heteroatoms. The second kappa shape index (κ2) is 7.78. The fraction of sp³-hybridized carbons (Fsp3) is 0.0909. The van der Waals surface area contributed by atoms with Gasteiger partial charge in [-0.3, -0.25) is 0 Å². The van der Waals surface area contributed by atoms with Crippen molar-refractivity contribution in [2.75, 3.05) is 0 Å². The number of primary sulfonamides is 1. The van der Waals surface area contributed by atoms with Crippen molar-refractivity contribution in [2.24, 2.45) is 5.14 Å². The van der Waals surface area contributed by atoms with Gasteiger partial charge in [0.25, 0.3) is 0 Å². The van der Waals surface area contributed by atoms with Crippen LogP contribution in [0.1, 0.15) is 22.4 Å². The van der Waals surface area contributed by atoms with Gasteiger partial charge in [-0.15, -0.1) is 0 Å². The SMILES string of the molecule is Cc1cc(-c2ccc(C(F)(F)F)cc2)nc2c(C#Cc3cccc(S(N)(=O)=O)c3)cnn12. The lowest BCUT2D eigenvalue weighted by atomic mass is 10.1. The number of alkyl halides is 3. The number of aryl methyl sites for hydroxylation is 1. The van der Waals surface area contributed by atoms with Crippen LogP contribution in [-0.4, -0.2) is 23.0 Å². The van der Waals surface area contributed by atoms with E-state index >= 15 is 0 Å². The Morgan fingerprint density at radius 3 is 2.41 bits per heavy atom. The van der Waals surface area contributed by atoms with Gasteiger partial charge in [-0.2, -0.15) is 18.3 Å². The van der Waals surface area contributed by atoms with Crippen molar-refractivity contribution in [2.45, 2.75) is 18.0 Å². The summed E-state index contributed by atoms with van der Waals surface area (Å²) in [6.07, 6.45) is -2.90. The fourth-order valence-corrected chi connectivity index (χ4v) is 3.63. The predicted octanol–water partition coefficient (Wildman–Crippen LogP) is 3.77. The number of hydrogen-bond donors (Lipinski definition) is 1. The van der Waals surface area contributed by atoms with Crippen LogP contribution in [0.2, 0.25) is 0 Å². The molecule has 0 fully saturated rings. The van der Waals surface area contributed by atoms with Gasteiger partial charge in [-0.25, -0.2) is 23.1 Å². The highest BCUT2D eigenvalue weighted by atomic mass is 32.2. The molecule has 2 aromatic carbocycles. The van der Waals surface area contributed by atoms with Gasteiger partial charge in [0.15, 0.2) is 5.65 Å². The molecule has 162 valence electrons. The van der Waals surface area contributed by atoms with Crippen LogP contribution in [0.3, 0.4) is 0 Å². The van der Waals surface area contributed by atoms with E-state index in [0.717, 1.165) is 12.1 Å². The van der Waals surface area contributed by atoms with Gasteiger partial charge in [-0.05, 0) is 43.3 Å². The highest BCUT2D eigenvalue weighted by Crippen LogP contribution is 2.31. The maximum absolute atomic E-state index is 12.8. The van der Waals surface area contributed by atoms with Gasteiger partial charge in [-0.1, -0.05) is 30.0 Å². The van der Waals surface area contributed by atoms with Gasteiger partial charge in [0.2, 0.25) is 10.0 Å². The molecule has 0 aliphatic rings. The first kappa shape index (κ1) is 21.5. The third kappa shape index (κ3) is 4.34. The van der Waals surface area contributed by atoms with Crippen LogP contribution in [0.25, 0.3) is 16.9 Å². The minimum atomic E-state index is -4.42. The molecule has 0 saturated carbocycles. The Kier molecular flexibility index (Phi) is 5.24. The number of halogens is 3. The molecule has 0 saturated heterocycles. The molecule has 2 heterocycles. The van der Waals surface area contributed by atoms with Crippen molar-refractivity contribution in [3.8, 4) is 23.1 Å². The van der Waals surface area contributed by atoms with Crippen LogP contribution < -0.4 is 5.14 Å². The first-order valence-electron chi connectivity index (χ1n) is 9.20. The van der Waals surface area contributed by atoms with Gasteiger partial charge in [0.1, 0.15) is 0 Å². The number of hydrogen-bond acceptors (Lipinski definition) is 4. The standard InChI is InChI=1S/C22H15F3N4O2S/c1-14-11-20(16-7-9-18(10-8-16)22(23,24)25)28-21-17(13-27-29(14)21)6-5-15-3-2-4-19(12-15)32(26,30)31/h2-4,7-13H,1H3,(H2,26,30,31). The number of aromatic nitrogens is 3. The van der Waals surface area contributed by atoms with Crippen LogP contribution in [0.15, 0.2) is 65.7 Å². The van der Waals surface area contributed by atoms with E-state index in [2.05, 4.69) is 21.9 Å². The molecule has 2 aromatic heterocycles. The molecule has 32 heavy (non-hydrogen) atoms. The van der Waals surface area contributed by atoms with Crippen molar-refractivity contribution < 1.29 is 21.6 Å². The average molecular weight is 456 g/mol. The normalized spacial score (nSPS) is 11.9. The Morgan fingerprint density at radius 2 is 1.75 bits per heavy atom. The van der Waals surface area contributed by atoms with Gasteiger partial charge < -0.3 is 0 Å². The van der Waals surface area contributed by atoms with E-state index < -0.39 is 21.8 Å². The van der Waals surface area contributed by atoms with E-state index in [0.29, 0.717) is 33.7 Å². The summed E-state index contributed by atoms with van der Waals surface area (Å²) in [7, 11) is -3.85. The van der Waals surface area contributed by atoms with Crippen LogP contribution in [0.5, 0.6) is 0 Å². The highest BCUT2D eigenvalue weighted by Gasteiger charge is 2.30. The Labute approximate surface area is 181 Å². The maximum Gasteiger partial charge on any atom is 0.416 e. The zero-order valence-corrected chi connectivity index (χ0v) is 17.4. The quantitative estimate of drug-likeness (QED) is 0.465. The second-order valence-corrected chi connectivity index (χ2v) is 8.54. The van der Waals surface area contributed by atoms with Gasteiger partial charge in [0, 0.05) is 16.8 Å². The second-order valence-electron chi connectivity index (χ2n) is 6.97. The van der Waals surface area contributed by atoms with Crippen LogP contribution in [-0.2, 0) is 16.2 Å². The third-order valence-corrected chi connectivity index (χ3v) is 5.57. The number of nitrogens with zero attached hydrogens (tertiary/aromatic N) is 3. The molecule has 0 aliphatic heterocycles. The molecular weight excluding hydrogens is 441 g/mol. The number of sulfonamides is 1. The van der Waals surface area contributed by atoms with E-state index in [1.165, 1.54) is 36.5 Å². The molecule has 4 aromatic rings. The molecule has 0 spiro atoms. The summed E-state index contributed by atoms with van der Waals surface area (Å²) in [5.74, 6) is 5.78. The summed E-state index contributed by atoms with van der Waals surface area (Å²) in [4.78, 5) is 4.47. The van der Waals surface area contributed by atoms with Gasteiger partial charge in [0.05, 0.1) is 27.9 Å². The molecule has 0 unspecified atom stereocenters. The van der Waals surface area contributed by atoms with Crippen molar-refractivity contribution >= 4 is 15.7 Å². The van der Waals surface area contributed by atoms with Crippen LogP contribution in [0.4, 0.5) is 13.2 Å². The number of fused-ring (bicyclic) bond motifs is 1. The summed E-state index contributed by atoms with van der Waals surface area (Å²) in [6.45, 7) is 1.79.